The molecular formula is C17H34N4O. The van der Waals surface area contributed by atoms with Gasteiger partial charge in [-0.1, -0.05) is 32.8 Å². The van der Waals surface area contributed by atoms with Crippen LogP contribution < -0.4 is 10.6 Å². The normalized spacial score (nSPS) is 18.3. The van der Waals surface area contributed by atoms with Gasteiger partial charge in [-0.2, -0.15) is 0 Å². The van der Waals surface area contributed by atoms with Crippen LogP contribution in [0.3, 0.4) is 0 Å². The lowest BCUT2D eigenvalue weighted by molar-refractivity contribution is 0.00395. The number of ether oxygens (including phenoxy) is 1. The van der Waals surface area contributed by atoms with Crippen LogP contribution >= 0.6 is 0 Å². The molecule has 0 aromatic rings. The van der Waals surface area contributed by atoms with Crippen LogP contribution in [0.5, 0.6) is 0 Å². The zero-order chi connectivity index (χ0) is 16.2. The van der Waals surface area contributed by atoms with Gasteiger partial charge in [-0.15, -0.1) is 6.58 Å². The molecule has 0 saturated carbocycles. The Morgan fingerprint density at radius 2 is 1.91 bits per heavy atom. The van der Waals surface area contributed by atoms with Gasteiger partial charge in [0.2, 0.25) is 0 Å². The molecule has 22 heavy (non-hydrogen) atoms. The van der Waals surface area contributed by atoms with Gasteiger partial charge in [-0.3, -0.25) is 9.89 Å². The van der Waals surface area contributed by atoms with E-state index in [4.69, 9.17) is 9.73 Å². The molecule has 1 heterocycles. The summed E-state index contributed by atoms with van der Waals surface area (Å²) in [4.78, 5) is 7.36. The third-order valence-corrected chi connectivity index (χ3v) is 4.30. The van der Waals surface area contributed by atoms with Gasteiger partial charge in [-0.25, -0.2) is 0 Å². The molecule has 0 aromatic heterocycles. The van der Waals surface area contributed by atoms with Gasteiger partial charge in [-0.05, 0) is 12.8 Å². The van der Waals surface area contributed by atoms with Gasteiger partial charge in [0.15, 0.2) is 5.96 Å². The maximum absolute atomic E-state index is 5.50. The number of morpholine rings is 1. The highest BCUT2D eigenvalue weighted by Gasteiger charge is 2.26. The summed E-state index contributed by atoms with van der Waals surface area (Å²) in [6.45, 7) is 16.6. The average molecular weight is 310 g/mol. The summed E-state index contributed by atoms with van der Waals surface area (Å²) in [6.07, 6.45) is 4.25. The molecule has 1 aliphatic heterocycles. The van der Waals surface area contributed by atoms with Gasteiger partial charge >= 0.3 is 0 Å². The van der Waals surface area contributed by atoms with Crippen molar-refractivity contribution in [1.29, 1.82) is 0 Å². The minimum absolute atomic E-state index is 0.498. The Bertz CT molecular complexity index is 323. The van der Waals surface area contributed by atoms with Crippen molar-refractivity contribution in [2.75, 3.05) is 45.9 Å². The highest BCUT2D eigenvalue weighted by molar-refractivity contribution is 5.79. The van der Waals surface area contributed by atoms with E-state index in [2.05, 4.69) is 42.9 Å². The van der Waals surface area contributed by atoms with Gasteiger partial charge in [0.25, 0.3) is 0 Å². The Hall–Kier alpha value is -1.07. The lowest BCUT2D eigenvalue weighted by atomic mass is 9.92. The fourth-order valence-electron chi connectivity index (χ4n) is 3.00. The van der Waals surface area contributed by atoms with Gasteiger partial charge in [0.1, 0.15) is 0 Å². The number of rotatable bonds is 9. The van der Waals surface area contributed by atoms with Crippen LogP contribution in [0.25, 0.3) is 0 Å². The first-order chi connectivity index (χ1) is 10.8. The van der Waals surface area contributed by atoms with E-state index >= 15 is 0 Å². The minimum Gasteiger partial charge on any atom is -0.379 e. The number of nitrogens with one attached hydrogen (secondary N) is 2. The first-order valence-corrected chi connectivity index (χ1v) is 8.71. The van der Waals surface area contributed by atoms with E-state index in [1.54, 1.807) is 0 Å². The average Bonchev–Trinajstić information content (AvgIpc) is 2.57. The Labute approximate surface area is 136 Å². The van der Waals surface area contributed by atoms with Gasteiger partial charge in [0, 0.05) is 32.2 Å². The fourth-order valence-corrected chi connectivity index (χ4v) is 3.00. The summed E-state index contributed by atoms with van der Waals surface area (Å²) in [5.74, 6) is 1.57. The Balaban J connectivity index is 2.73. The predicted molar refractivity (Wildman–Crippen MR) is 94.4 cm³/mol. The van der Waals surface area contributed by atoms with E-state index in [1.165, 1.54) is 12.8 Å². The van der Waals surface area contributed by atoms with Crippen molar-refractivity contribution >= 4 is 5.96 Å². The summed E-state index contributed by atoms with van der Waals surface area (Å²) in [7, 11) is 0. The zero-order valence-corrected chi connectivity index (χ0v) is 14.6. The molecule has 2 N–H and O–H groups in total. The molecule has 1 rings (SSSR count). The first-order valence-electron chi connectivity index (χ1n) is 8.71. The number of hydrogen-bond acceptors (Lipinski definition) is 3. The largest absolute Gasteiger partial charge is 0.379 e. The van der Waals surface area contributed by atoms with Gasteiger partial charge < -0.3 is 15.4 Å². The van der Waals surface area contributed by atoms with E-state index in [0.29, 0.717) is 12.0 Å². The summed E-state index contributed by atoms with van der Waals surface area (Å²) in [5, 5.41) is 6.58. The molecule has 1 saturated heterocycles. The second kappa shape index (κ2) is 11.5. The molecule has 0 spiro atoms. The van der Waals surface area contributed by atoms with Crippen molar-refractivity contribution in [2.45, 2.75) is 39.7 Å². The van der Waals surface area contributed by atoms with Crippen LogP contribution in [-0.4, -0.2) is 62.8 Å². The van der Waals surface area contributed by atoms with Crippen LogP contribution in [0.1, 0.15) is 33.6 Å². The van der Waals surface area contributed by atoms with E-state index in [-0.39, 0.29) is 0 Å². The lowest BCUT2D eigenvalue weighted by Gasteiger charge is -2.38. The molecule has 1 unspecified atom stereocenters. The smallest absolute Gasteiger partial charge is 0.191 e. The van der Waals surface area contributed by atoms with Crippen molar-refractivity contribution in [2.24, 2.45) is 10.9 Å². The molecule has 1 atom stereocenters. The molecule has 0 amide bonds. The maximum Gasteiger partial charge on any atom is 0.191 e. The number of hydrogen-bond donors (Lipinski definition) is 2. The molecular weight excluding hydrogens is 276 g/mol. The lowest BCUT2D eigenvalue weighted by Crippen LogP contribution is -2.49. The SMILES string of the molecule is C=CCNC(=NCC(C(CC)CC)N1CCOCC1)NCC. The Morgan fingerprint density at radius 1 is 1.23 bits per heavy atom. The quantitative estimate of drug-likeness (QED) is 0.388. The van der Waals surface area contributed by atoms with Crippen LogP contribution in [0.2, 0.25) is 0 Å². The summed E-state index contributed by atoms with van der Waals surface area (Å²) in [6, 6.07) is 0.498. The van der Waals surface area contributed by atoms with E-state index in [0.717, 1.165) is 51.9 Å². The monoisotopic (exact) mass is 310 g/mol. The second-order valence-corrected chi connectivity index (χ2v) is 5.68. The predicted octanol–water partition coefficient (Wildman–Crippen LogP) is 1.86. The molecule has 0 aromatic carbocycles. The van der Waals surface area contributed by atoms with Crippen molar-refractivity contribution in [1.82, 2.24) is 15.5 Å². The Kier molecular flexibility index (Phi) is 9.91. The number of aliphatic imine (C=N–C) groups is 1. The molecule has 1 aliphatic rings. The van der Waals surface area contributed by atoms with E-state index in [1.807, 2.05) is 6.08 Å². The second-order valence-electron chi connectivity index (χ2n) is 5.68. The number of nitrogens with zero attached hydrogens (tertiary/aromatic N) is 2. The summed E-state index contributed by atoms with van der Waals surface area (Å²) in [5.41, 5.74) is 0. The molecule has 0 bridgehead atoms. The van der Waals surface area contributed by atoms with Crippen LogP contribution in [0, 0.1) is 5.92 Å². The van der Waals surface area contributed by atoms with Crippen LogP contribution in [0.4, 0.5) is 0 Å². The van der Waals surface area contributed by atoms with Crippen molar-refractivity contribution in [3.63, 3.8) is 0 Å². The molecule has 5 nitrogen and oxygen atoms in total. The zero-order valence-electron chi connectivity index (χ0n) is 14.6. The molecule has 128 valence electrons. The van der Waals surface area contributed by atoms with Crippen molar-refractivity contribution < 1.29 is 4.74 Å². The summed E-state index contributed by atoms with van der Waals surface area (Å²) < 4.78 is 5.50. The van der Waals surface area contributed by atoms with Gasteiger partial charge in [0.05, 0.1) is 19.8 Å². The van der Waals surface area contributed by atoms with Crippen molar-refractivity contribution in [3.8, 4) is 0 Å². The Morgan fingerprint density at radius 3 is 2.45 bits per heavy atom. The van der Waals surface area contributed by atoms with Crippen LogP contribution in [0.15, 0.2) is 17.6 Å². The first kappa shape index (κ1) is 19.0. The standard InChI is InChI=1S/C17H34N4O/c1-5-9-19-17(18-8-4)20-14-16(15(6-2)7-3)21-10-12-22-13-11-21/h5,15-16H,1,6-14H2,2-4H3,(H2,18,19,20). The number of guanidine groups is 1. The van der Waals surface area contributed by atoms with Crippen LogP contribution in [-0.2, 0) is 4.74 Å². The highest BCUT2D eigenvalue weighted by Crippen LogP contribution is 2.20. The maximum atomic E-state index is 5.50. The van der Waals surface area contributed by atoms with E-state index in [9.17, 15) is 0 Å². The summed E-state index contributed by atoms with van der Waals surface area (Å²) >= 11 is 0. The third-order valence-electron chi connectivity index (χ3n) is 4.30. The van der Waals surface area contributed by atoms with E-state index < -0.39 is 0 Å². The topological polar surface area (TPSA) is 48.9 Å². The highest BCUT2D eigenvalue weighted by atomic mass is 16.5. The molecule has 1 fully saturated rings. The fraction of sp³-hybridized carbons (Fsp3) is 0.824. The third kappa shape index (κ3) is 6.36. The molecule has 5 heteroatoms. The minimum atomic E-state index is 0.498. The van der Waals surface area contributed by atoms with Crippen molar-refractivity contribution in [3.05, 3.63) is 12.7 Å². The molecule has 0 aliphatic carbocycles. The molecule has 0 radical (unpaired) electrons.